The van der Waals surface area contributed by atoms with Gasteiger partial charge in [0, 0.05) is 32.0 Å². The van der Waals surface area contributed by atoms with E-state index < -0.39 is 23.5 Å². The zero-order chi connectivity index (χ0) is 23.4. The van der Waals surface area contributed by atoms with E-state index in [0.717, 1.165) is 25.7 Å². The standard InChI is InChI=1S/C14H21NO4.C6H14N4O2.2K/c16-11-7-4-2-1-3-5-8-12(17)15-10-6-9-14(11,15)13(18)19;7-4(5(11)12)2-1-3-10-6(8)9;;/h1-10H2,(H,18,19);4H,1-3,7H2,(H,11,12)(H4,8,9,10);;/q;;2*+1/p-2/t14-;4-;;/m10../s1. The van der Waals surface area contributed by atoms with Crippen LogP contribution in [0.1, 0.15) is 70.6 Å². The number of rotatable bonds is 6. The van der Waals surface area contributed by atoms with Crippen molar-refractivity contribution in [2.45, 2.75) is 82.2 Å². The molecule has 0 aromatic carbocycles. The van der Waals surface area contributed by atoms with Crippen LogP contribution in [0.5, 0.6) is 0 Å². The van der Waals surface area contributed by atoms with Crippen LogP contribution in [0.3, 0.4) is 0 Å². The van der Waals surface area contributed by atoms with Crippen LogP contribution in [-0.2, 0) is 19.2 Å². The summed E-state index contributed by atoms with van der Waals surface area (Å²) in [5.74, 6) is -3.34. The van der Waals surface area contributed by atoms with Gasteiger partial charge in [-0.3, -0.25) is 15.0 Å². The van der Waals surface area contributed by atoms with Crippen molar-refractivity contribution in [3.63, 3.8) is 0 Å². The number of aliphatic carboxylic acids is 2. The number of nitrogens with one attached hydrogen (secondary N) is 2. The van der Waals surface area contributed by atoms with E-state index in [-0.39, 0.29) is 133 Å². The van der Waals surface area contributed by atoms with E-state index in [0.29, 0.717) is 45.2 Å². The number of nitrogens with zero attached hydrogens (tertiary/aromatic N) is 1. The van der Waals surface area contributed by atoms with Crippen molar-refractivity contribution < 1.29 is 132 Å². The third kappa shape index (κ3) is 11.9. The minimum absolute atomic E-state index is 0. The number of fused-ring (bicyclic) bond motifs is 1. The van der Waals surface area contributed by atoms with E-state index in [1.54, 1.807) is 0 Å². The van der Waals surface area contributed by atoms with Crippen LogP contribution in [0.2, 0.25) is 0 Å². The molecule has 2 heterocycles. The van der Waals surface area contributed by atoms with Crippen molar-refractivity contribution >= 4 is 29.6 Å². The molecule has 0 unspecified atom stereocenters. The van der Waals surface area contributed by atoms with Gasteiger partial charge >= 0.3 is 103 Å². The summed E-state index contributed by atoms with van der Waals surface area (Å²) in [6.07, 6.45) is 6.57. The molecule has 0 aromatic rings. The SMILES string of the molecule is N=C(N)NCCC[C@H](N)C(=O)[O-].O=C1CCCCCCCC(=O)[C@@]2(C(=O)[O-])CCCN12.[K+].[K+]. The Morgan fingerprint density at radius 3 is 2.18 bits per heavy atom. The van der Waals surface area contributed by atoms with Crippen LogP contribution in [0.4, 0.5) is 0 Å². The van der Waals surface area contributed by atoms with E-state index in [2.05, 4.69) is 5.32 Å². The maximum absolute atomic E-state index is 12.3. The van der Waals surface area contributed by atoms with Crippen molar-refractivity contribution in [1.82, 2.24) is 10.2 Å². The molecule has 6 N–H and O–H groups in total. The molecule has 0 spiro atoms. The van der Waals surface area contributed by atoms with Crippen LogP contribution in [0, 0.1) is 5.41 Å². The molecule has 11 nitrogen and oxygen atoms in total. The fourth-order valence-corrected chi connectivity index (χ4v) is 3.87. The molecule has 2 fully saturated rings. The molecule has 2 aliphatic heterocycles. The Balaban J connectivity index is 0. The Labute approximate surface area is 279 Å². The van der Waals surface area contributed by atoms with Gasteiger partial charge in [0.25, 0.3) is 0 Å². The Kier molecular flexibility index (Phi) is 20.4. The summed E-state index contributed by atoms with van der Waals surface area (Å²) in [4.78, 5) is 47.4. The van der Waals surface area contributed by atoms with Gasteiger partial charge in [-0.1, -0.05) is 19.3 Å². The molecule has 2 aliphatic rings. The van der Waals surface area contributed by atoms with Crippen LogP contribution in [-0.4, -0.2) is 59.2 Å². The van der Waals surface area contributed by atoms with E-state index in [1.807, 2.05) is 0 Å². The van der Waals surface area contributed by atoms with Crippen molar-refractivity contribution in [2.75, 3.05) is 13.1 Å². The summed E-state index contributed by atoms with van der Waals surface area (Å²) in [6.45, 7) is 0.814. The monoisotopic (exact) mass is 517 g/mol. The quantitative estimate of drug-likeness (QED) is 0.0866. The van der Waals surface area contributed by atoms with Gasteiger partial charge in [0.2, 0.25) is 5.91 Å². The first-order valence-electron chi connectivity index (χ1n) is 10.7. The average molecular weight is 518 g/mol. The Bertz CT molecular complexity index is 681. The van der Waals surface area contributed by atoms with Crippen LogP contribution in [0.15, 0.2) is 0 Å². The maximum atomic E-state index is 12.3. The third-order valence-electron chi connectivity index (χ3n) is 5.59. The zero-order valence-electron chi connectivity index (χ0n) is 19.8. The summed E-state index contributed by atoms with van der Waals surface area (Å²) in [5.41, 5.74) is 8.46. The van der Waals surface area contributed by atoms with Crippen molar-refractivity contribution in [2.24, 2.45) is 11.5 Å². The molecule has 0 saturated carbocycles. The zero-order valence-corrected chi connectivity index (χ0v) is 26.1. The van der Waals surface area contributed by atoms with E-state index in [1.165, 1.54) is 4.90 Å². The van der Waals surface area contributed by atoms with Crippen LogP contribution in [0.25, 0.3) is 0 Å². The minimum Gasteiger partial charge on any atom is -0.548 e. The number of carboxylic acid groups (broad SMARTS) is 2. The van der Waals surface area contributed by atoms with E-state index in [4.69, 9.17) is 16.9 Å². The minimum atomic E-state index is -1.68. The van der Waals surface area contributed by atoms with Gasteiger partial charge in [-0.2, -0.15) is 0 Å². The van der Waals surface area contributed by atoms with Crippen molar-refractivity contribution in [3.05, 3.63) is 0 Å². The molecule has 0 bridgehead atoms. The summed E-state index contributed by atoms with van der Waals surface area (Å²) < 4.78 is 0. The summed E-state index contributed by atoms with van der Waals surface area (Å²) in [6, 6.07) is -0.932. The van der Waals surface area contributed by atoms with Gasteiger partial charge in [0.1, 0.15) is 5.54 Å². The molecule has 0 radical (unpaired) electrons. The predicted molar refractivity (Wildman–Crippen MR) is 108 cm³/mol. The maximum Gasteiger partial charge on any atom is 1.00 e. The molecule has 2 atom stereocenters. The topological polar surface area (TPSA) is 206 Å². The molecule has 0 aliphatic carbocycles. The number of guanidine groups is 1. The first kappa shape index (κ1) is 35.7. The fraction of sp³-hybridized carbons (Fsp3) is 0.750. The molecular formula is C20H33K2N5O6. The summed E-state index contributed by atoms with van der Waals surface area (Å²) >= 11 is 0. The fourth-order valence-electron chi connectivity index (χ4n) is 3.87. The molecule has 0 aromatic heterocycles. The molecule has 176 valence electrons. The smallest absolute Gasteiger partial charge is 0.548 e. The van der Waals surface area contributed by atoms with Gasteiger partial charge in [-0.05, 0) is 38.5 Å². The molecule has 1 amide bonds. The van der Waals surface area contributed by atoms with Gasteiger partial charge < -0.3 is 41.5 Å². The number of ketones is 1. The van der Waals surface area contributed by atoms with Crippen molar-refractivity contribution in [1.29, 1.82) is 5.41 Å². The number of hydrogen-bond acceptors (Lipinski definition) is 8. The molecular weight excluding hydrogens is 484 g/mol. The first-order valence-corrected chi connectivity index (χ1v) is 10.7. The number of carbonyl (C=O) groups is 4. The van der Waals surface area contributed by atoms with Gasteiger partial charge in [0.15, 0.2) is 11.7 Å². The first-order chi connectivity index (χ1) is 14.6. The van der Waals surface area contributed by atoms with E-state index in [9.17, 15) is 29.4 Å². The Hall–Kier alpha value is 0.583. The molecule has 2 rings (SSSR count). The predicted octanol–water partition coefficient (Wildman–Crippen LogP) is -8.25. The molecule has 13 heteroatoms. The molecule has 2 saturated heterocycles. The Morgan fingerprint density at radius 2 is 1.64 bits per heavy atom. The third-order valence-corrected chi connectivity index (χ3v) is 5.59. The van der Waals surface area contributed by atoms with Crippen LogP contribution >= 0.6 is 0 Å². The van der Waals surface area contributed by atoms with Gasteiger partial charge in [0.05, 0.1) is 11.9 Å². The number of amides is 1. The summed E-state index contributed by atoms with van der Waals surface area (Å²) in [7, 11) is 0. The van der Waals surface area contributed by atoms with Gasteiger partial charge in [-0.25, -0.2) is 0 Å². The Morgan fingerprint density at radius 1 is 1.06 bits per heavy atom. The van der Waals surface area contributed by atoms with Crippen molar-refractivity contribution in [3.8, 4) is 0 Å². The second-order valence-corrected chi connectivity index (χ2v) is 7.90. The average Bonchev–Trinajstić information content (AvgIpc) is 3.15. The molecule has 33 heavy (non-hydrogen) atoms. The number of hydrogen-bond donors (Lipinski definition) is 4. The summed E-state index contributed by atoms with van der Waals surface area (Å²) in [5, 5.41) is 30.9. The number of carbonyl (C=O) groups excluding carboxylic acids is 4. The van der Waals surface area contributed by atoms with Crippen LogP contribution < -0.4 is 130 Å². The van der Waals surface area contributed by atoms with Gasteiger partial charge in [-0.15, -0.1) is 0 Å². The normalized spacial score (nSPS) is 21.5. The number of carboxylic acids is 2. The number of nitrogens with two attached hydrogens (primary N) is 2. The van der Waals surface area contributed by atoms with E-state index >= 15 is 0 Å². The number of Topliss-reactive ketones (excluding diaryl/α,β-unsaturated/α-hetero) is 1. The second kappa shape index (κ2) is 18.8. The largest absolute Gasteiger partial charge is 1.00 e. The second-order valence-electron chi connectivity index (χ2n) is 7.90.